The topological polar surface area (TPSA) is 83.3 Å². The fraction of sp³-hybridized carbons (Fsp3) is 0.263. The van der Waals surface area contributed by atoms with Gasteiger partial charge in [-0.3, -0.25) is 23.1 Å². The van der Waals surface area contributed by atoms with Gasteiger partial charge in [-0.1, -0.05) is 17.7 Å². The molecule has 1 aromatic carbocycles. The van der Waals surface area contributed by atoms with E-state index in [9.17, 15) is 14.4 Å². The van der Waals surface area contributed by atoms with Gasteiger partial charge in [0, 0.05) is 24.0 Å². The van der Waals surface area contributed by atoms with Gasteiger partial charge in [-0.2, -0.15) is 4.98 Å². The Morgan fingerprint density at radius 1 is 1.25 bits per heavy atom. The summed E-state index contributed by atoms with van der Waals surface area (Å²) in [6.07, 6.45) is 1.78. The van der Waals surface area contributed by atoms with Crippen molar-refractivity contribution in [3.63, 3.8) is 0 Å². The average molecular weight is 400 g/mol. The van der Waals surface area contributed by atoms with Crippen LogP contribution in [0.15, 0.2) is 40.1 Å². The Morgan fingerprint density at radius 3 is 2.61 bits per heavy atom. The van der Waals surface area contributed by atoms with Crippen LogP contribution in [-0.2, 0) is 11.8 Å². The fourth-order valence-electron chi connectivity index (χ4n) is 3.43. The fourth-order valence-corrected chi connectivity index (χ4v) is 3.62. The van der Waals surface area contributed by atoms with Gasteiger partial charge in [0.15, 0.2) is 16.9 Å². The molecule has 0 saturated heterocycles. The van der Waals surface area contributed by atoms with E-state index in [0.717, 1.165) is 15.9 Å². The summed E-state index contributed by atoms with van der Waals surface area (Å²) < 4.78 is 5.77. The Hall–Kier alpha value is -3.13. The van der Waals surface area contributed by atoms with Crippen LogP contribution in [0, 0.1) is 6.92 Å². The van der Waals surface area contributed by atoms with Crippen molar-refractivity contribution < 1.29 is 4.79 Å². The van der Waals surface area contributed by atoms with E-state index in [4.69, 9.17) is 11.6 Å². The van der Waals surface area contributed by atoms with E-state index in [2.05, 4.69) is 4.98 Å². The van der Waals surface area contributed by atoms with Crippen LogP contribution in [-0.4, -0.2) is 28.9 Å². The number of rotatable bonds is 3. The van der Waals surface area contributed by atoms with Gasteiger partial charge in [-0.25, -0.2) is 9.36 Å². The molecule has 0 aliphatic carbocycles. The van der Waals surface area contributed by atoms with Gasteiger partial charge in [0.25, 0.3) is 5.56 Å². The number of fused-ring (bicyclic) bond motifs is 3. The second-order valence-electron chi connectivity index (χ2n) is 6.84. The standard InChI is InChI=1S/C19H18ClN5O3/c1-10-9-23-15-16(21-18(23)24(10)14-7-5-6-13(20)8-14)22(4)19(28)25(17(15)27)11(2)12(3)26/h5-9,11H,1-4H3/t11-/m0/s1. The number of hydrogen-bond acceptors (Lipinski definition) is 4. The Labute approximate surface area is 164 Å². The molecule has 4 aromatic rings. The maximum atomic E-state index is 13.1. The lowest BCUT2D eigenvalue weighted by Crippen LogP contribution is -2.42. The van der Waals surface area contributed by atoms with Crippen molar-refractivity contribution in [3.05, 3.63) is 62.0 Å². The van der Waals surface area contributed by atoms with Crippen molar-refractivity contribution in [1.82, 2.24) is 23.1 Å². The number of imidazole rings is 2. The first-order valence-corrected chi connectivity index (χ1v) is 9.08. The van der Waals surface area contributed by atoms with E-state index in [-0.39, 0.29) is 16.9 Å². The first-order chi connectivity index (χ1) is 13.2. The predicted octanol–water partition coefficient (Wildman–Crippen LogP) is 2.25. The Bertz CT molecular complexity index is 1390. The highest BCUT2D eigenvalue weighted by Crippen LogP contribution is 2.23. The molecule has 8 nitrogen and oxygen atoms in total. The Morgan fingerprint density at radius 2 is 1.96 bits per heavy atom. The quantitative estimate of drug-likeness (QED) is 0.529. The zero-order valence-corrected chi connectivity index (χ0v) is 16.6. The lowest BCUT2D eigenvalue weighted by Gasteiger charge is -2.12. The summed E-state index contributed by atoms with van der Waals surface area (Å²) >= 11 is 6.13. The lowest BCUT2D eigenvalue weighted by atomic mass is 10.2. The van der Waals surface area contributed by atoms with Crippen LogP contribution in [0.1, 0.15) is 25.6 Å². The minimum Gasteiger partial charge on any atom is -0.298 e. The largest absolute Gasteiger partial charge is 0.333 e. The molecule has 0 bridgehead atoms. The second-order valence-corrected chi connectivity index (χ2v) is 7.28. The second kappa shape index (κ2) is 6.20. The van der Waals surface area contributed by atoms with Crippen LogP contribution in [0.5, 0.6) is 0 Å². The molecule has 3 heterocycles. The smallest absolute Gasteiger partial charge is 0.298 e. The summed E-state index contributed by atoms with van der Waals surface area (Å²) in [7, 11) is 1.54. The van der Waals surface area contributed by atoms with Crippen molar-refractivity contribution in [3.8, 4) is 5.69 Å². The highest BCUT2D eigenvalue weighted by Gasteiger charge is 2.24. The number of aryl methyl sites for hydroxylation is 2. The zero-order valence-electron chi connectivity index (χ0n) is 15.8. The van der Waals surface area contributed by atoms with Gasteiger partial charge in [-0.05, 0) is 39.0 Å². The van der Waals surface area contributed by atoms with Crippen molar-refractivity contribution in [2.75, 3.05) is 0 Å². The minimum atomic E-state index is -0.864. The van der Waals surface area contributed by atoms with Crippen molar-refractivity contribution in [1.29, 1.82) is 0 Å². The molecule has 144 valence electrons. The van der Waals surface area contributed by atoms with Gasteiger partial charge in [-0.15, -0.1) is 0 Å². The van der Waals surface area contributed by atoms with Gasteiger partial charge < -0.3 is 0 Å². The highest BCUT2D eigenvalue weighted by atomic mass is 35.5. The summed E-state index contributed by atoms with van der Waals surface area (Å²) in [4.78, 5) is 42.2. The molecule has 3 aromatic heterocycles. The third-order valence-electron chi connectivity index (χ3n) is 5.02. The number of carbonyl (C=O) groups excluding carboxylic acids is 1. The number of Topliss-reactive ketones (excluding diaryl/α,β-unsaturated/α-hetero) is 1. The summed E-state index contributed by atoms with van der Waals surface area (Å²) in [6.45, 7) is 4.78. The summed E-state index contributed by atoms with van der Waals surface area (Å²) in [6, 6.07) is 6.41. The van der Waals surface area contributed by atoms with E-state index in [1.807, 2.05) is 23.6 Å². The highest BCUT2D eigenvalue weighted by molar-refractivity contribution is 6.30. The maximum Gasteiger partial charge on any atom is 0.333 e. The van der Waals surface area contributed by atoms with Crippen LogP contribution >= 0.6 is 11.6 Å². The van der Waals surface area contributed by atoms with Gasteiger partial charge >= 0.3 is 5.69 Å². The van der Waals surface area contributed by atoms with Crippen LogP contribution < -0.4 is 11.2 Å². The van der Waals surface area contributed by atoms with E-state index < -0.39 is 17.3 Å². The number of nitrogens with zero attached hydrogens (tertiary/aromatic N) is 5. The molecule has 0 amide bonds. The minimum absolute atomic E-state index is 0.245. The van der Waals surface area contributed by atoms with Crippen LogP contribution in [0.2, 0.25) is 5.02 Å². The number of carbonyl (C=O) groups is 1. The molecule has 0 aliphatic heterocycles. The van der Waals surface area contributed by atoms with Crippen LogP contribution in [0.25, 0.3) is 22.6 Å². The van der Waals surface area contributed by atoms with Gasteiger partial charge in [0.2, 0.25) is 5.78 Å². The predicted molar refractivity (Wildman–Crippen MR) is 107 cm³/mol. The van der Waals surface area contributed by atoms with E-state index in [1.165, 1.54) is 25.5 Å². The maximum absolute atomic E-state index is 13.1. The summed E-state index contributed by atoms with van der Waals surface area (Å²) in [5, 5.41) is 0.574. The molecular formula is C19H18ClN5O3. The Balaban J connectivity index is 2.15. The third-order valence-corrected chi connectivity index (χ3v) is 5.25. The SMILES string of the molecule is CC(=O)[C@H](C)n1c(=O)c2c(nc3n(-c4cccc(Cl)c4)c(C)cn23)n(C)c1=O. The van der Waals surface area contributed by atoms with Crippen LogP contribution in [0.4, 0.5) is 0 Å². The van der Waals surface area contributed by atoms with Gasteiger partial charge in [0.1, 0.15) is 0 Å². The molecule has 0 aliphatic rings. The number of hydrogen-bond donors (Lipinski definition) is 0. The molecule has 0 spiro atoms. The molecule has 9 heteroatoms. The molecule has 0 N–H and O–H groups in total. The van der Waals surface area contributed by atoms with Crippen molar-refractivity contribution >= 4 is 34.3 Å². The van der Waals surface area contributed by atoms with Crippen molar-refractivity contribution in [2.24, 2.45) is 7.05 Å². The Kier molecular flexibility index (Phi) is 4.04. The molecule has 0 fully saturated rings. The third kappa shape index (κ3) is 2.45. The first-order valence-electron chi connectivity index (χ1n) is 8.70. The molecule has 0 unspecified atom stereocenters. The van der Waals surface area contributed by atoms with Crippen LogP contribution in [0.3, 0.4) is 0 Å². The number of halogens is 1. The van der Waals surface area contributed by atoms with E-state index >= 15 is 0 Å². The number of ketones is 1. The van der Waals surface area contributed by atoms with E-state index in [1.54, 1.807) is 22.7 Å². The zero-order chi connectivity index (χ0) is 20.3. The normalized spacial score (nSPS) is 12.8. The molecule has 4 rings (SSSR count). The number of aromatic nitrogens is 5. The summed E-state index contributed by atoms with van der Waals surface area (Å²) in [5.41, 5.74) is 1.01. The molecule has 1 atom stereocenters. The molecule has 0 radical (unpaired) electrons. The van der Waals surface area contributed by atoms with Gasteiger partial charge in [0.05, 0.1) is 11.7 Å². The molecule has 28 heavy (non-hydrogen) atoms. The average Bonchev–Trinajstić information content (AvgIpc) is 3.14. The molecule has 0 saturated carbocycles. The summed E-state index contributed by atoms with van der Waals surface area (Å²) in [5.74, 6) is 0.210. The van der Waals surface area contributed by atoms with E-state index in [0.29, 0.717) is 10.8 Å². The number of benzene rings is 1. The van der Waals surface area contributed by atoms with Crippen molar-refractivity contribution in [2.45, 2.75) is 26.8 Å². The molecular weight excluding hydrogens is 382 g/mol. The lowest BCUT2D eigenvalue weighted by molar-refractivity contribution is -0.119. The first kappa shape index (κ1) is 18.2. The monoisotopic (exact) mass is 399 g/mol.